The van der Waals surface area contributed by atoms with E-state index in [1.54, 1.807) is 0 Å². The molecular formula is C34H24ClN. The van der Waals surface area contributed by atoms with E-state index in [9.17, 15) is 0 Å². The van der Waals surface area contributed by atoms with Crippen LogP contribution in [-0.4, -0.2) is 0 Å². The minimum absolute atomic E-state index is 0.705. The number of nitrogens with zero attached hydrogens (tertiary/aromatic N) is 1. The van der Waals surface area contributed by atoms with Gasteiger partial charge in [0.2, 0.25) is 0 Å². The fourth-order valence-electron chi connectivity index (χ4n) is 4.81. The van der Waals surface area contributed by atoms with Gasteiger partial charge in [-0.1, -0.05) is 115 Å². The summed E-state index contributed by atoms with van der Waals surface area (Å²) in [6, 6.07) is 50.8. The Kier molecular flexibility index (Phi) is 5.99. The Labute approximate surface area is 216 Å². The van der Waals surface area contributed by atoms with Crippen LogP contribution < -0.4 is 4.90 Å². The Morgan fingerprint density at radius 3 is 1.72 bits per heavy atom. The first-order valence-electron chi connectivity index (χ1n) is 12.1. The minimum atomic E-state index is 0.705. The number of hydrogen-bond acceptors (Lipinski definition) is 1. The van der Waals surface area contributed by atoms with E-state index < -0.39 is 0 Å². The fourth-order valence-corrected chi connectivity index (χ4v) is 5.03. The molecule has 0 fully saturated rings. The van der Waals surface area contributed by atoms with E-state index in [0.717, 1.165) is 28.2 Å². The summed E-state index contributed by atoms with van der Waals surface area (Å²) in [6.45, 7) is 0. The van der Waals surface area contributed by atoms with E-state index in [-0.39, 0.29) is 0 Å². The molecule has 1 nitrogen and oxygen atoms in total. The third kappa shape index (κ3) is 4.37. The summed E-state index contributed by atoms with van der Waals surface area (Å²) < 4.78 is 0. The van der Waals surface area contributed by atoms with Gasteiger partial charge < -0.3 is 4.90 Å². The third-order valence-electron chi connectivity index (χ3n) is 6.45. The quantitative estimate of drug-likeness (QED) is 0.236. The van der Waals surface area contributed by atoms with Crippen LogP contribution in [0.1, 0.15) is 0 Å². The van der Waals surface area contributed by atoms with Crippen LogP contribution in [0.15, 0.2) is 146 Å². The Morgan fingerprint density at radius 1 is 0.417 bits per heavy atom. The Bertz CT molecular complexity index is 1630. The van der Waals surface area contributed by atoms with Crippen LogP contribution in [0.5, 0.6) is 0 Å². The molecule has 172 valence electrons. The largest absolute Gasteiger partial charge is 0.310 e. The van der Waals surface area contributed by atoms with E-state index >= 15 is 0 Å². The Hall–Kier alpha value is -4.33. The maximum absolute atomic E-state index is 6.71. The molecule has 0 unspecified atom stereocenters. The number of halogens is 1. The molecule has 6 rings (SSSR count). The van der Waals surface area contributed by atoms with Crippen LogP contribution in [0.2, 0.25) is 5.02 Å². The lowest BCUT2D eigenvalue weighted by atomic mass is 9.96. The molecule has 0 aliphatic carbocycles. The molecule has 0 bridgehead atoms. The summed E-state index contributed by atoms with van der Waals surface area (Å²) in [4.78, 5) is 2.29. The molecule has 36 heavy (non-hydrogen) atoms. The van der Waals surface area contributed by atoms with Crippen LogP contribution in [0.25, 0.3) is 33.0 Å². The smallest absolute Gasteiger partial charge is 0.0482 e. The van der Waals surface area contributed by atoms with Crippen molar-refractivity contribution in [2.45, 2.75) is 0 Å². The topological polar surface area (TPSA) is 3.24 Å². The van der Waals surface area contributed by atoms with Crippen LogP contribution in [0.3, 0.4) is 0 Å². The summed E-state index contributed by atoms with van der Waals surface area (Å²) >= 11 is 6.71. The second-order valence-electron chi connectivity index (χ2n) is 8.82. The molecule has 6 aromatic rings. The molecule has 0 saturated carbocycles. The molecule has 0 aliphatic heterocycles. The zero-order valence-electron chi connectivity index (χ0n) is 19.7. The summed E-state index contributed by atoms with van der Waals surface area (Å²) in [5.41, 5.74) is 7.80. The first-order chi connectivity index (χ1) is 17.8. The highest BCUT2D eigenvalue weighted by atomic mass is 35.5. The van der Waals surface area contributed by atoms with Gasteiger partial charge in [0.1, 0.15) is 0 Å². The minimum Gasteiger partial charge on any atom is -0.310 e. The number of anilines is 3. The molecule has 0 N–H and O–H groups in total. The van der Waals surface area contributed by atoms with Gasteiger partial charge >= 0.3 is 0 Å². The van der Waals surface area contributed by atoms with Crippen molar-refractivity contribution in [1.82, 2.24) is 0 Å². The van der Waals surface area contributed by atoms with Crippen molar-refractivity contribution < 1.29 is 0 Å². The zero-order valence-corrected chi connectivity index (χ0v) is 20.4. The van der Waals surface area contributed by atoms with Crippen molar-refractivity contribution in [1.29, 1.82) is 0 Å². The lowest BCUT2D eigenvalue weighted by molar-refractivity contribution is 1.29. The van der Waals surface area contributed by atoms with Gasteiger partial charge in [0.05, 0.1) is 0 Å². The standard InChI is InChI=1S/C34H24ClN/c35-29-20-28(25-12-4-1-5-13-25)22-31(23-29)36(30-17-8-3-9-18-30)32-21-27-16-10-11-19-33(27)34(24-32)26-14-6-2-7-15-26/h1-24H. The van der Waals surface area contributed by atoms with E-state index in [1.165, 1.54) is 21.9 Å². The van der Waals surface area contributed by atoms with Gasteiger partial charge in [-0.25, -0.2) is 0 Å². The maximum atomic E-state index is 6.71. The number of fused-ring (bicyclic) bond motifs is 1. The predicted octanol–water partition coefficient (Wildman–Crippen LogP) is 10.3. The van der Waals surface area contributed by atoms with Crippen LogP contribution in [0.4, 0.5) is 17.1 Å². The second-order valence-corrected chi connectivity index (χ2v) is 9.25. The van der Waals surface area contributed by atoms with E-state index in [2.05, 4.69) is 126 Å². The van der Waals surface area contributed by atoms with Crippen molar-refractivity contribution in [3.63, 3.8) is 0 Å². The second kappa shape index (κ2) is 9.73. The van der Waals surface area contributed by atoms with Crippen LogP contribution >= 0.6 is 11.6 Å². The maximum Gasteiger partial charge on any atom is 0.0482 e. The lowest BCUT2D eigenvalue weighted by Gasteiger charge is -2.27. The number of benzene rings is 6. The molecule has 0 amide bonds. The molecule has 0 saturated heterocycles. The molecule has 6 aromatic carbocycles. The molecule has 0 atom stereocenters. The highest BCUT2D eigenvalue weighted by Crippen LogP contribution is 2.42. The SMILES string of the molecule is Clc1cc(-c2ccccc2)cc(N(c2ccccc2)c2cc(-c3ccccc3)c3ccccc3c2)c1. The van der Waals surface area contributed by atoms with Gasteiger partial charge in [0.15, 0.2) is 0 Å². The summed E-state index contributed by atoms with van der Waals surface area (Å²) in [5, 5.41) is 3.13. The Balaban J connectivity index is 1.60. The summed E-state index contributed by atoms with van der Waals surface area (Å²) in [6.07, 6.45) is 0. The number of rotatable bonds is 5. The normalized spacial score (nSPS) is 10.9. The van der Waals surface area contributed by atoms with Gasteiger partial charge in [0.25, 0.3) is 0 Å². The summed E-state index contributed by atoms with van der Waals surface area (Å²) in [7, 11) is 0. The molecule has 0 radical (unpaired) electrons. The van der Waals surface area contributed by atoms with Gasteiger partial charge in [-0.3, -0.25) is 0 Å². The fraction of sp³-hybridized carbons (Fsp3) is 0. The van der Waals surface area contributed by atoms with Gasteiger partial charge in [0, 0.05) is 22.1 Å². The van der Waals surface area contributed by atoms with Gasteiger partial charge in [-0.15, -0.1) is 0 Å². The van der Waals surface area contributed by atoms with Crippen molar-refractivity contribution in [3.8, 4) is 22.3 Å². The monoisotopic (exact) mass is 481 g/mol. The Morgan fingerprint density at radius 2 is 1.00 bits per heavy atom. The molecule has 0 spiro atoms. The average Bonchev–Trinajstić information content (AvgIpc) is 2.94. The lowest BCUT2D eigenvalue weighted by Crippen LogP contribution is -2.10. The molecule has 2 heteroatoms. The van der Waals surface area contributed by atoms with Gasteiger partial charge in [-0.2, -0.15) is 0 Å². The number of para-hydroxylation sites is 1. The third-order valence-corrected chi connectivity index (χ3v) is 6.67. The first kappa shape index (κ1) is 22.2. The first-order valence-corrected chi connectivity index (χ1v) is 12.4. The molecule has 0 aromatic heterocycles. The predicted molar refractivity (Wildman–Crippen MR) is 155 cm³/mol. The molecule has 0 aliphatic rings. The zero-order chi connectivity index (χ0) is 24.3. The van der Waals surface area contributed by atoms with E-state index in [0.29, 0.717) is 5.02 Å². The highest BCUT2D eigenvalue weighted by Gasteiger charge is 2.17. The van der Waals surface area contributed by atoms with Crippen molar-refractivity contribution in [2.75, 3.05) is 4.90 Å². The van der Waals surface area contributed by atoms with Crippen molar-refractivity contribution in [2.24, 2.45) is 0 Å². The van der Waals surface area contributed by atoms with Crippen LogP contribution in [-0.2, 0) is 0 Å². The number of hydrogen-bond donors (Lipinski definition) is 0. The van der Waals surface area contributed by atoms with Crippen molar-refractivity contribution in [3.05, 3.63) is 151 Å². The van der Waals surface area contributed by atoms with E-state index in [1.807, 2.05) is 24.3 Å². The molecule has 0 heterocycles. The highest BCUT2D eigenvalue weighted by molar-refractivity contribution is 6.31. The van der Waals surface area contributed by atoms with Crippen LogP contribution in [0, 0.1) is 0 Å². The summed E-state index contributed by atoms with van der Waals surface area (Å²) in [5.74, 6) is 0. The van der Waals surface area contributed by atoms with Gasteiger partial charge in [-0.05, 0) is 75.5 Å². The van der Waals surface area contributed by atoms with Crippen molar-refractivity contribution >= 4 is 39.4 Å². The molecular weight excluding hydrogens is 458 g/mol. The van der Waals surface area contributed by atoms with E-state index in [4.69, 9.17) is 11.6 Å². The average molecular weight is 482 g/mol.